The van der Waals surface area contributed by atoms with Gasteiger partial charge in [0, 0.05) is 0 Å². The molecule has 0 aliphatic carbocycles. The Hall–Kier alpha value is -4.63. The van der Waals surface area contributed by atoms with E-state index in [0.717, 1.165) is 39.8 Å². The van der Waals surface area contributed by atoms with Crippen LogP contribution in [-0.4, -0.2) is 0 Å². The summed E-state index contributed by atoms with van der Waals surface area (Å²) in [6, 6.07) is 43.4. The summed E-state index contributed by atoms with van der Waals surface area (Å²) in [7, 11) is 0. The molecule has 0 saturated heterocycles. The molecule has 6 aromatic carbocycles. The summed E-state index contributed by atoms with van der Waals surface area (Å²) >= 11 is 0. The van der Waals surface area contributed by atoms with Crippen molar-refractivity contribution in [2.45, 2.75) is 13.1 Å². The molecule has 6 aromatic rings. The molecule has 0 nitrogen and oxygen atoms in total. The molecule has 0 aliphatic heterocycles. The molecule has 0 saturated carbocycles. The zero-order valence-electron chi connectivity index (χ0n) is 21.3. The quantitative estimate of drug-likeness (QED) is 0.219. The molecule has 0 fully saturated rings. The second-order valence-electron chi connectivity index (χ2n) is 9.87. The highest BCUT2D eigenvalue weighted by Crippen LogP contribution is 2.33. The highest BCUT2D eigenvalue weighted by Gasteiger charge is 2.29. The van der Waals surface area contributed by atoms with E-state index in [4.69, 9.17) is 0 Å². The topological polar surface area (TPSA) is 0 Å². The molecule has 0 bridgehead atoms. The van der Waals surface area contributed by atoms with Gasteiger partial charge in [-0.25, -0.2) is 0 Å². The summed E-state index contributed by atoms with van der Waals surface area (Å²) in [5.74, 6) is 0. The summed E-state index contributed by atoms with van der Waals surface area (Å²) in [6.07, 6.45) is -4.33. The number of fused-ring (bicyclic) bond motifs is 1. The van der Waals surface area contributed by atoms with Gasteiger partial charge in [-0.3, -0.25) is 0 Å². The van der Waals surface area contributed by atoms with Crippen molar-refractivity contribution in [3.8, 4) is 44.5 Å². The number of alkyl halides is 3. The molecule has 3 heteroatoms. The molecule has 0 aliphatic rings. The first kappa shape index (κ1) is 24.7. The molecular formula is C36H25F3. The predicted molar refractivity (Wildman–Crippen MR) is 155 cm³/mol. The highest BCUT2D eigenvalue weighted by atomic mass is 19.4. The van der Waals surface area contributed by atoms with Crippen LogP contribution in [0.25, 0.3) is 55.3 Å². The van der Waals surface area contributed by atoms with Crippen LogP contribution in [0.2, 0.25) is 0 Å². The van der Waals surface area contributed by atoms with Gasteiger partial charge < -0.3 is 0 Å². The van der Waals surface area contributed by atoms with Gasteiger partial charge in [-0.15, -0.1) is 0 Å². The first-order valence-corrected chi connectivity index (χ1v) is 12.8. The lowest BCUT2D eigenvalue weighted by molar-refractivity contribution is -0.137. The maximum Gasteiger partial charge on any atom is 0.416 e. The van der Waals surface area contributed by atoms with Gasteiger partial charge in [-0.2, -0.15) is 13.2 Å². The van der Waals surface area contributed by atoms with Gasteiger partial charge in [0.25, 0.3) is 0 Å². The van der Waals surface area contributed by atoms with Gasteiger partial charge in [-0.05, 0) is 86.5 Å². The summed E-state index contributed by atoms with van der Waals surface area (Å²) in [5, 5.41) is 2.32. The van der Waals surface area contributed by atoms with Crippen LogP contribution in [0, 0.1) is 6.92 Å². The van der Waals surface area contributed by atoms with Crippen LogP contribution in [0.15, 0.2) is 133 Å². The minimum atomic E-state index is -4.33. The van der Waals surface area contributed by atoms with E-state index in [1.54, 1.807) is 0 Å². The fraction of sp³-hybridized carbons (Fsp3) is 0.0556. The SMILES string of the molecule is Cc1ccc(-c2ccc(-c3ccc4cc(-c5ccc(-c6ccc(C(F)(F)F)cc6)cc5)ccc4c3)cc2)cc1. The molecule has 6 rings (SSSR count). The number of hydrogen-bond donors (Lipinski definition) is 0. The normalized spacial score (nSPS) is 11.6. The molecule has 190 valence electrons. The molecule has 0 N–H and O–H groups in total. The number of aryl methyl sites for hydroxylation is 1. The van der Waals surface area contributed by atoms with Crippen molar-refractivity contribution in [1.29, 1.82) is 0 Å². The predicted octanol–water partition coefficient (Wildman–Crippen LogP) is 10.8. The summed E-state index contributed by atoms with van der Waals surface area (Å²) in [4.78, 5) is 0. The number of hydrogen-bond acceptors (Lipinski definition) is 0. The van der Waals surface area contributed by atoms with Crippen molar-refractivity contribution < 1.29 is 13.2 Å². The minimum absolute atomic E-state index is 0.638. The monoisotopic (exact) mass is 514 g/mol. The Bertz CT molecular complexity index is 1740. The fourth-order valence-electron chi connectivity index (χ4n) is 4.91. The Morgan fingerprint density at radius 1 is 0.359 bits per heavy atom. The third-order valence-electron chi connectivity index (χ3n) is 7.21. The lowest BCUT2D eigenvalue weighted by atomic mass is 9.95. The van der Waals surface area contributed by atoms with Crippen molar-refractivity contribution >= 4 is 10.8 Å². The van der Waals surface area contributed by atoms with Crippen molar-refractivity contribution in [2.24, 2.45) is 0 Å². The summed E-state index contributed by atoms with van der Waals surface area (Å²) in [5.41, 5.74) is 9.17. The summed E-state index contributed by atoms with van der Waals surface area (Å²) < 4.78 is 38.6. The second kappa shape index (κ2) is 9.92. The van der Waals surface area contributed by atoms with E-state index in [1.165, 1.54) is 45.3 Å². The Balaban J connectivity index is 1.22. The lowest BCUT2D eigenvalue weighted by Crippen LogP contribution is -2.03. The standard InChI is InChI=1S/C36H25F3/c1-24-2-4-25(5-3-24)26-6-10-29(11-7-26)31-14-16-34-23-32(15-17-33(34)22-31)30-12-8-27(9-13-30)28-18-20-35(21-19-28)36(37,38)39/h2-23H,1H3. The van der Waals surface area contributed by atoms with Crippen LogP contribution in [0.1, 0.15) is 11.1 Å². The second-order valence-corrected chi connectivity index (χ2v) is 9.87. The van der Waals surface area contributed by atoms with Gasteiger partial charge in [0.2, 0.25) is 0 Å². The van der Waals surface area contributed by atoms with Gasteiger partial charge in [0.05, 0.1) is 5.56 Å². The number of benzene rings is 6. The Morgan fingerprint density at radius 3 is 1.00 bits per heavy atom. The van der Waals surface area contributed by atoms with Crippen LogP contribution in [-0.2, 0) is 6.18 Å². The van der Waals surface area contributed by atoms with Crippen molar-refractivity contribution in [3.63, 3.8) is 0 Å². The fourth-order valence-corrected chi connectivity index (χ4v) is 4.91. The van der Waals surface area contributed by atoms with Crippen LogP contribution >= 0.6 is 0 Å². The first-order chi connectivity index (χ1) is 18.8. The van der Waals surface area contributed by atoms with Gasteiger partial charge in [0.1, 0.15) is 0 Å². The highest BCUT2D eigenvalue weighted by molar-refractivity contribution is 5.91. The van der Waals surface area contributed by atoms with Crippen molar-refractivity contribution in [3.05, 3.63) is 145 Å². The largest absolute Gasteiger partial charge is 0.416 e. The zero-order chi connectivity index (χ0) is 27.0. The molecule has 0 radical (unpaired) electrons. The molecule has 0 aromatic heterocycles. The van der Waals surface area contributed by atoms with Crippen LogP contribution in [0.3, 0.4) is 0 Å². The van der Waals surface area contributed by atoms with E-state index in [9.17, 15) is 13.2 Å². The first-order valence-electron chi connectivity index (χ1n) is 12.8. The van der Waals surface area contributed by atoms with Crippen molar-refractivity contribution in [1.82, 2.24) is 0 Å². The molecule has 0 heterocycles. The number of halogens is 3. The van der Waals surface area contributed by atoms with Crippen LogP contribution in [0.5, 0.6) is 0 Å². The van der Waals surface area contributed by atoms with Gasteiger partial charge >= 0.3 is 6.18 Å². The zero-order valence-corrected chi connectivity index (χ0v) is 21.3. The van der Waals surface area contributed by atoms with E-state index in [1.807, 2.05) is 24.3 Å². The van der Waals surface area contributed by atoms with Gasteiger partial charge in [-0.1, -0.05) is 115 Å². The van der Waals surface area contributed by atoms with Gasteiger partial charge in [0.15, 0.2) is 0 Å². The Kier molecular flexibility index (Phi) is 6.28. The third-order valence-corrected chi connectivity index (χ3v) is 7.21. The molecule has 0 amide bonds. The van der Waals surface area contributed by atoms with Crippen LogP contribution < -0.4 is 0 Å². The maximum atomic E-state index is 12.9. The molecule has 39 heavy (non-hydrogen) atoms. The third kappa shape index (κ3) is 5.21. The smallest absolute Gasteiger partial charge is 0.166 e. The molecule has 0 unspecified atom stereocenters. The molecule has 0 atom stereocenters. The van der Waals surface area contributed by atoms with Crippen molar-refractivity contribution in [2.75, 3.05) is 0 Å². The van der Waals surface area contributed by atoms with E-state index < -0.39 is 11.7 Å². The number of rotatable bonds is 4. The Morgan fingerprint density at radius 2 is 0.641 bits per heavy atom. The molecular weight excluding hydrogens is 489 g/mol. The Labute approximate surface area is 226 Å². The lowest BCUT2D eigenvalue weighted by Gasteiger charge is -2.10. The minimum Gasteiger partial charge on any atom is -0.166 e. The molecule has 0 spiro atoms. The average Bonchev–Trinajstić information content (AvgIpc) is 2.97. The van der Waals surface area contributed by atoms with E-state index in [2.05, 4.69) is 91.9 Å². The summed E-state index contributed by atoms with van der Waals surface area (Å²) in [6.45, 7) is 2.10. The van der Waals surface area contributed by atoms with E-state index in [-0.39, 0.29) is 0 Å². The van der Waals surface area contributed by atoms with E-state index >= 15 is 0 Å². The maximum absolute atomic E-state index is 12.9. The average molecular weight is 515 g/mol. The van der Waals surface area contributed by atoms with Crippen LogP contribution in [0.4, 0.5) is 13.2 Å². The van der Waals surface area contributed by atoms with E-state index in [0.29, 0.717) is 0 Å².